The molecule has 1 aromatic heterocycles. The fourth-order valence-electron chi connectivity index (χ4n) is 2.67. The summed E-state index contributed by atoms with van der Waals surface area (Å²) < 4.78 is 32.4. The normalized spacial score (nSPS) is 10.6. The number of ether oxygens (including phenoxy) is 1. The minimum atomic E-state index is -2.82. The molecule has 0 saturated carbocycles. The summed E-state index contributed by atoms with van der Waals surface area (Å²) in [4.78, 5) is 21.6. The van der Waals surface area contributed by atoms with E-state index in [2.05, 4.69) is 9.98 Å². The highest BCUT2D eigenvalue weighted by Crippen LogP contribution is 2.31. The second kappa shape index (κ2) is 9.73. The molecule has 30 heavy (non-hydrogen) atoms. The Balaban J connectivity index is 1.99. The molecule has 154 valence electrons. The molecule has 0 aliphatic carbocycles. The molecule has 0 unspecified atom stereocenters. The van der Waals surface area contributed by atoms with Crippen LogP contribution in [0.5, 0.6) is 5.88 Å². The molecule has 3 rings (SSSR count). The van der Waals surface area contributed by atoms with Gasteiger partial charge in [-0.05, 0) is 6.07 Å². The van der Waals surface area contributed by atoms with Crippen molar-refractivity contribution < 1.29 is 18.3 Å². The van der Waals surface area contributed by atoms with Gasteiger partial charge in [-0.1, -0.05) is 60.7 Å². The zero-order valence-electron chi connectivity index (χ0n) is 16.6. The average Bonchev–Trinajstić information content (AvgIpc) is 2.77. The molecule has 0 radical (unpaired) electrons. The van der Waals surface area contributed by atoms with Crippen LogP contribution in [0.1, 0.15) is 23.1 Å². The van der Waals surface area contributed by atoms with Gasteiger partial charge in [0.15, 0.2) is 6.61 Å². The Morgan fingerprint density at radius 2 is 1.60 bits per heavy atom. The van der Waals surface area contributed by atoms with E-state index in [1.807, 2.05) is 60.7 Å². The van der Waals surface area contributed by atoms with Crippen LogP contribution in [-0.2, 0) is 4.79 Å². The zero-order valence-corrected chi connectivity index (χ0v) is 16.6. The summed E-state index contributed by atoms with van der Waals surface area (Å²) in [5.74, 6) is -0.630. The molecule has 0 N–H and O–H groups in total. The molecule has 1 heterocycles. The Bertz CT molecular complexity index is 982. The largest absolute Gasteiger partial charge is 0.467 e. The Morgan fingerprint density at radius 3 is 2.10 bits per heavy atom. The summed E-state index contributed by atoms with van der Waals surface area (Å²) in [7, 11) is 3.11. The van der Waals surface area contributed by atoms with Gasteiger partial charge in [0.2, 0.25) is 5.88 Å². The van der Waals surface area contributed by atoms with Crippen LogP contribution in [0.15, 0.2) is 77.9 Å². The summed E-state index contributed by atoms with van der Waals surface area (Å²) in [6, 6.07) is 20.2. The first-order chi connectivity index (χ1) is 14.5. The molecule has 5 nitrogen and oxygen atoms in total. The summed E-state index contributed by atoms with van der Waals surface area (Å²) in [5.41, 5.74) is 2.18. The van der Waals surface area contributed by atoms with Gasteiger partial charge < -0.3 is 9.64 Å². The zero-order chi connectivity index (χ0) is 21.5. The van der Waals surface area contributed by atoms with Gasteiger partial charge in [-0.3, -0.25) is 4.79 Å². The van der Waals surface area contributed by atoms with E-state index in [1.54, 1.807) is 14.1 Å². The smallest absolute Gasteiger partial charge is 0.269 e. The first-order valence-corrected chi connectivity index (χ1v) is 9.26. The summed E-state index contributed by atoms with van der Waals surface area (Å²) in [6.07, 6.45) is -1.47. The van der Waals surface area contributed by atoms with Gasteiger partial charge in [0.05, 0.1) is 23.2 Å². The standard InChI is InChI=1S/C23H21F2N3O2/c1-28(2)20(29)15-30-23-19(22(24)25)13-18(14-26-23)27-21(16-9-5-3-6-10-16)17-11-7-4-8-12-17/h3-14,22H,15H2,1-2H3. The predicted octanol–water partition coefficient (Wildman–Crippen LogP) is 4.66. The van der Waals surface area contributed by atoms with Crippen molar-refractivity contribution in [3.63, 3.8) is 0 Å². The fraction of sp³-hybridized carbons (Fsp3) is 0.174. The number of pyridine rings is 1. The van der Waals surface area contributed by atoms with E-state index in [4.69, 9.17) is 4.74 Å². The number of rotatable bonds is 7. The second-order valence-corrected chi connectivity index (χ2v) is 6.66. The second-order valence-electron chi connectivity index (χ2n) is 6.66. The number of benzene rings is 2. The van der Waals surface area contributed by atoms with Crippen LogP contribution < -0.4 is 4.74 Å². The van der Waals surface area contributed by atoms with Crippen molar-refractivity contribution in [1.29, 1.82) is 0 Å². The predicted molar refractivity (Wildman–Crippen MR) is 112 cm³/mol. The van der Waals surface area contributed by atoms with E-state index in [-0.39, 0.29) is 24.1 Å². The van der Waals surface area contributed by atoms with Crippen molar-refractivity contribution in [3.05, 3.63) is 89.6 Å². The number of alkyl halides is 2. The Kier molecular flexibility index (Phi) is 6.85. The molecular formula is C23H21F2N3O2. The van der Waals surface area contributed by atoms with Gasteiger partial charge in [0, 0.05) is 25.2 Å². The monoisotopic (exact) mass is 409 g/mol. The lowest BCUT2D eigenvalue weighted by molar-refractivity contribution is -0.130. The average molecular weight is 409 g/mol. The summed E-state index contributed by atoms with van der Waals surface area (Å²) in [6.45, 7) is -0.373. The van der Waals surface area contributed by atoms with Crippen molar-refractivity contribution >= 4 is 17.3 Å². The van der Waals surface area contributed by atoms with Gasteiger partial charge in [-0.25, -0.2) is 18.8 Å². The lowest BCUT2D eigenvalue weighted by Gasteiger charge is -2.13. The van der Waals surface area contributed by atoms with Crippen LogP contribution >= 0.6 is 0 Å². The maximum atomic E-state index is 13.6. The number of carbonyl (C=O) groups excluding carboxylic acids is 1. The fourth-order valence-corrected chi connectivity index (χ4v) is 2.67. The van der Waals surface area contributed by atoms with Crippen LogP contribution in [0.3, 0.4) is 0 Å². The lowest BCUT2D eigenvalue weighted by atomic mass is 10.0. The molecule has 0 fully saturated rings. The summed E-state index contributed by atoms with van der Waals surface area (Å²) in [5, 5.41) is 0. The van der Waals surface area contributed by atoms with Crippen LogP contribution in [-0.4, -0.2) is 42.2 Å². The Hall–Kier alpha value is -3.61. The van der Waals surface area contributed by atoms with Gasteiger partial charge in [-0.15, -0.1) is 0 Å². The number of likely N-dealkylation sites (N-methyl/N-ethyl adjacent to an activating group) is 1. The van der Waals surface area contributed by atoms with Crippen molar-refractivity contribution in [2.24, 2.45) is 4.99 Å². The Morgan fingerprint density at radius 1 is 1.03 bits per heavy atom. The third kappa shape index (κ3) is 5.26. The van der Waals surface area contributed by atoms with Gasteiger partial charge in [0.1, 0.15) is 0 Å². The van der Waals surface area contributed by atoms with Crippen LogP contribution in [0, 0.1) is 0 Å². The van der Waals surface area contributed by atoms with Crippen molar-refractivity contribution in [2.75, 3.05) is 20.7 Å². The number of hydrogen-bond acceptors (Lipinski definition) is 4. The van der Waals surface area contributed by atoms with Crippen molar-refractivity contribution in [2.45, 2.75) is 6.43 Å². The number of nitrogens with zero attached hydrogens (tertiary/aromatic N) is 3. The minimum Gasteiger partial charge on any atom is -0.467 e. The number of aliphatic imine (C=N–C) groups is 1. The molecule has 0 spiro atoms. The van der Waals surface area contributed by atoms with E-state index in [9.17, 15) is 13.6 Å². The van der Waals surface area contributed by atoms with Crippen molar-refractivity contribution in [1.82, 2.24) is 9.88 Å². The third-order valence-corrected chi connectivity index (χ3v) is 4.27. The highest BCUT2D eigenvalue weighted by molar-refractivity contribution is 6.13. The SMILES string of the molecule is CN(C)C(=O)COc1ncc(N=C(c2ccccc2)c2ccccc2)cc1C(F)F. The molecule has 1 amide bonds. The van der Waals surface area contributed by atoms with Gasteiger partial charge in [0.25, 0.3) is 12.3 Å². The molecule has 7 heteroatoms. The number of aromatic nitrogens is 1. The van der Waals surface area contributed by atoms with E-state index in [0.717, 1.165) is 11.1 Å². The highest BCUT2D eigenvalue weighted by Gasteiger charge is 2.18. The maximum Gasteiger partial charge on any atom is 0.269 e. The lowest BCUT2D eigenvalue weighted by Crippen LogP contribution is -2.27. The highest BCUT2D eigenvalue weighted by atomic mass is 19.3. The van der Waals surface area contributed by atoms with Crippen LogP contribution in [0.4, 0.5) is 14.5 Å². The number of hydrogen-bond donors (Lipinski definition) is 0. The number of carbonyl (C=O) groups is 1. The molecule has 0 saturated heterocycles. The molecule has 0 atom stereocenters. The number of halogens is 2. The van der Waals surface area contributed by atoms with E-state index in [1.165, 1.54) is 17.2 Å². The maximum absolute atomic E-state index is 13.6. The first-order valence-electron chi connectivity index (χ1n) is 9.26. The van der Waals surface area contributed by atoms with Gasteiger partial charge >= 0.3 is 0 Å². The number of amides is 1. The van der Waals surface area contributed by atoms with Crippen LogP contribution in [0.25, 0.3) is 0 Å². The van der Waals surface area contributed by atoms with Crippen molar-refractivity contribution in [3.8, 4) is 5.88 Å². The molecular weight excluding hydrogens is 388 g/mol. The Labute approximate surface area is 173 Å². The van der Waals surface area contributed by atoms with Crippen LogP contribution in [0.2, 0.25) is 0 Å². The van der Waals surface area contributed by atoms with E-state index in [0.29, 0.717) is 5.71 Å². The molecule has 0 aliphatic rings. The first kappa shape index (κ1) is 21.1. The minimum absolute atomic E-state index is 0.263. The quantitative estimate of drug-likeness (QED) is 0.534. The molecule has 3 aromatic rings. The third-order valence-electron chi connectivity index (χ3n) is 4.27. The summed E-state index contributed by atoms with van der Waals surface area (Å²) >= 11 is 0. The molecule has 0 aliphatic heterocycles. The van der Waals surface area contributed by atoms with Gasteiger partial charge in [-0.2, -0.15) is 0 Å². The van der Waals surface area contributed by atoms with E-state index < -0.39 is 12.0 Å². The topological polar surface area (TPSA) is 54.8 Å². The molecule has 0 bridgehead atoms. The molecule has 2 aromatic carbocycles. The van der Waals surface area contributed by atoms with E-state index >= 15 is 0 Å².